The summed E-state index contributed by atoms with van der Waals surface area (Å²) in [6.45, 7) is 7.27. The monoisotopic (exact) mass is 405 g/mol. The third-order valence-electron chi connectivity index (χ3n) is 5.67. The maximum absolute atomic E-state index is 13.5. The van der Waals surface area contributed by atoms with Crippen LogP contribution in [0, 0.1) is 5.92 Å². The molecular weight excluding hydrogens is 378 g/mol. The Labute approximate surface area is 175 Å². The van der Waals surface area contributed by atoms with E-state index in [1.54, 1.807) is 9.42 Å². The van der Waals surface area contributed by atoms with E-state index in [1.165, 1.54) is 0 Å². The van der Waals surface area contributed by atoms with Crippen molar-refractivity contribution < 1.29 is 9.59 Å². The van der Waals surface area contributed by atoms with Gasteiger partial charge in [-0.3, -0.25) is 9.59 Å². The highest BCUT2D eigenvalue weighted by molar-refractivity contribution is 5.94. The number of hydrogen-bond acceptors (Lipinski definition) is 4. The molecule has 1 aliphatic rings. The summed E-state index contributed by atoms with van der Waals surface area (Å²) in [6, 6.07) is 13.6. The molecule has 0 atom stereocenters. The largest absolute Gasteiger partial charge is 0.369 e. The van der Waals surface area contributed by atoms with Crippen LogP contribution in [-0.2, 0) is 10.2 Å². The van der Waals surface area contributed by atoms with E-state index in [-0.39, 0.29) is 23.1 Å². The number of piperidine rings is 1. The van der Waals surface area contributed by atoms with Gasteiger partial charge in [0.15, 0.2) is 5.65 Å². The van der Waals surface area contributed by atoms with Gasteiger partial charge in [0.2, 0.25) is 5.91 Å². The first kappa shape index (κ1) is 20.1. The number of hydrogen-bond donors (Lipinski definition) is 1. The SMILES string of the molecule is CC(C)(C)c1cc2nc(-c3ccccc3)cc(C(=O)N3CCC(C(N)=O)CC3)n2n1. The maximum Gasteiger partial charge on any atom is 0.272 e. The zero-order valence-corrected chi connectivity index (χ0v) is 17.6. The molecule has 0 radical (unpaired) electrons. The third kappa shape index (κ3) is 3.79. The molecule has 1 aliphatic heterocycles. The lowest BCUT2D eigenvalue weighted by Gasteiger charge is -2.30. The first-order chi connectivity index (χ1) is 14.2. The fourth-order valence-corrected chi connectivity index (χ4v) is 3.78. The summed E-state index contributed by atoms with van der Waals surface area (Å²) in [7, 11) is 0. The number of nitrogens with zero attached hydrogens (tertiary/aromatic N) is 4. The van der Waals surface area contributed by atoms with Gasteiger partial charge in [-0.15, -0.1) is 0 Å². The van der Waals surface area contributed by atoms with Gasteiger partial charge in [-0.2, -0.15) is 5.10 Å². The van der Waals surface area contributed by atoms with Crippen LogP contribution in [0.1, 0.15) is 49.8 Å². The molecule has 2 N–H and O–H groups in total. The minimum absolute atomic E-state index is 0.105. The summed E-state index contributed by atoms with van der Waals surface area (Å²) in [4.78, 5) is 31.5. The van der Waals surface area contributed by atoms with Crippen molar-refractivity contribution in [3.05, 3.63) is 53.9 Å². The van der Waals surface area contributed by atoms with Crippen molar-refractivity contribution in [3.63, 3.8) is 0 Å². The first-order valence-corrected chi connectivity index (χ1v) is 10.3. The van der Waals surface area contributed by atoms with Crippen LogP contribution in [0.2, 0.25) is 0 Å². The van der Waals surface area contributed by atoms with Crippen molar-refractivity contribution in [1.29, 1.82) is 0 Å². The van der Waals surface area contributed by atoms with Gasteiger partial charge in [-0.05, 0) is 18.9 Å². The van der Waals surface area contributed by atoms with Gasteiger partial charge in [-0.25, -0.2) is 9.50 Å². The molecule has 0 spiro atoms. The van der Waals surface area contributed by atoms with Gasteiger partial charge in [0, 0.05) is 36.1 Å². The Kier molecular flexibility index (Phi) is 5.05. The number of amides is 2. The van der Waals surface area contributed by atoms with Crippen LogP contribution in [0.3, 0.4) is 0 Å². The Morgan fingerprint density at radius 3 is 2.33 bits per heavy atom. The molecule has 7 nitrogen and oxygen atoms in total. The van der Waals surface area contributed by atoms with E-state index in [0.29, 0.717) is 37.3 Å². The molecular formula is C23H27N5O2. The van der Waals surface area contributed by atoms with E-state index in [1.807, 2.05) is 42.5 Å². The molecule has 0 bridgehead atoms. The Balaban J connectivity index is 1.78. The number of carbonyl (C=O) groups excluding carboxylic acids is 2. The molecule has 1 saturated heterocycles. The van der Waals surface area contributed by atoms with Crippen LogP contribution in [0.15, 0.2) is 42.5 Å². The molecule has 3 heterocycles. The fourth-order valence-electron chi connectivity index (χ4n) is 3.78. The van der Waals surface area contributed by atoms with E-state index in [0.717, 1.165) is 17.0 Å². The van der Waals surface area contributed by atoms with Crippen molar-refractivity contribution in [1.82, 2.24) is 19.5 Å². The lowest BCUT2D eigenvalue weighted by Crippen LogP contribution is -2.42. The molecule has 2 aromatic heterocycles. The molecule has 3 aromatic rings. The van der Waals surface area contributed by atoms with Gasteiger partial charge in [0.1, 0.15) is 5.69 Å². The zero-order chi connectivity index (χ0) is 21.5. The molecule has 2 amide bonds. The average molecular weight is 406 g/mol. The summed E-state index contributed by atoms with van der Waals surface area (Å²) in [5, 5.41) is 4.71. The molecule has 156 valence electrons. The molecule has 0 saturated carbocycles. The Hall–Kier alpha value is -3.22. The Bertz CT molecular complexity index is 1090. The highest BCUT2D eigenvalue weighted by Gasteiger charge is 2.29. The highest BCUT2D eigenvalue weighted by atomic mass is 16.2. The van der Waals surface area contributed by atoms with Crippen LogP contribution >= 0.6 is 0 Å². The van der Waals surface area contributed by atoms with Crippen molar-refractivity contribution in [2.45, 2.75) is 39.0 Å². The van der Waals surface area contributed by atoms with Crippen molar-refractivity contribution in [2.24, 2.45) is 11.7 Å². The van der Waals surface area contributed by atoms with E-state index in [9.17, 15) is 9.59 Å². The highest BCUT2D eigenvalue weighted by Crippen LogP contribution is 2.26. The van der Waals surface area contributed by atoms with Crippen LogP contribution in [0.25, 0.3) is 16.9 Å². The second kappa shape index (κ2) is 7.55. The minimum atomic E-state index is -0.290. The van der Waals surface area contributed by atoms with E-state index < -0.39 is 0 Å². The van der Waals surface area contributed by atoms with Gasteiger partial charge in [0.25, 0.3) is 5.91 Å². The molecule has 30 heavy (non-hydrogen) atoms. The second-order valence-corrected chi connectivity index (χ2v) is 8.91. The minimum Gasteiger partial charge on any atom is -0.369 e. The van der Waals surface area contributed by atoms with Gasteiger partial charge >= 0.3 is 0 Å². The van der Waals surface area contributed by atoms with Gasteiger partial charge < -0.3 is 10.6 Å². The van der Waals surface area contributed by atoms with Gasteiger partial charge in [0.05, 0.1) is 11.4 Å². The van der Waals surface area contributed by atoms with E-state index >= 15 is 0 Å². The predicted octanol–water partition coefficient (Wildman–Crippen LogP) is 3.03. The lowest BCUT2D eigenvalue weighted by atomic mass is 9.93. The topological polar surface area (TPSA) is 93.6 Å². The average Bonchev–Trinajstić information content (AvgIpc) is 3.18. The Morgan fingerprint density at radius 1 is 1.07 bits per heavy atom. The number of aromatic nitrogens is 3. The van der Waals surface area contributed by atoms with Crippen molar-refractivity contribution in [3.8, 4) is 11.3 Å². The van der Waals surface area contributed by atoms with Crippen LogP contribution in [0.4, 0.5) is 0 Å². The molecule has 1 fully saturated rings. The molecule has 4 rings (SSSR count). The van der Waals surface area contributed by atoms with Crippen molar-refractivity contribution in [2.75, 3.05) is 13.1 Å². The number of nitrogens with two attached hydrogens (primary N) is 1. The number of primary amides is 1. The van der Waals surface area contributed by atoms with Crippen LogP contribution in [0.5, 0.6) is 0 Å². The van der Waals surface area contributed by atoms with Crippen LogP contribution in [-0.4, -0.2) is 44.4 Å². The second-order valence-electron chi connectivity index (χ2n) is 8.91. The summed E-state index contributed by atoms with van der Waals surface area (Å²) in [5.74, 6) is -0.559. The number of carbonyl (C=O) groups is 2. The lowest BCUT2D eigenvalue weighted by molar-refractivity contribution is -0.123. The fraction of sp³-hybridized carbons (Fsp3) is 0.391. The molecule has 0 aliphatic carbocycles. The summed E-state index contributed by atoms with van der Waals surface area (Å²) < 4.78 is 1.65. The molecule has 0 unspecified atom stereocenters. The van der Waals surface area contributed by atoms with Gasteiger partial charge in [-0.1, -0.05) is 51.1 Å². The van der Waals surface area contributed by atoms with E-state index in [2.05, 4.69) is 20.8 Å². The zero-order valence-electron chi connectivity index (χ0n) is 17.6. The number of fused-ring (bicyclic) bond motifs is 1. The number of benzene rings is 1. The standard InChI is InChI=1S/C23H27N5O2/c1-23(2,3)19-14-20-25-17(15-7-5-4-6-8-15)13-18(28(20)26-19)22(30)27-11-9-16(10-12-27)21(24)29/h4-8,13-14,16H,9-12H2,1-3H3,(H2,24,29). The quantitative estimate of drug-likeness (QED) is 0.725. The first-order valence-electron chi connectivity index (χ1n) is 10.3. The predicted molar refractivity (Wildman–Crippen MR) is 115 cm³/mol. The van der Waals surface area contributed by atoms with Crippen LogP contribution < -0.4 is 5.73 Å². The van der Waals surface area contributed by atoms with Crippen molar-refractivity contribution >= 4 is 17.5 Å². The molecule has 1 aromatic carbocycles. The maximum atomic E-state index is 13.5. The number of rotatable bonds is 3. The summed E-state index contributed by atoms with van der Waals surface area (Å²) in [5.41, 5.74) is 8.96. The molecule has 7 heteroatoms. The summed E-state index contributed by atoms with van der Waals surface area (Å²) in [6.07, 6.45) is 1.18. The normalized spacial score (nSPS) is 15.5. The summed E-state index contributed by atoms with van der Waals surface area (Å²) >= 11 is 0. The number of likely N-dealkylation sites (tertiary alicyclic amines) is 1. The third-order valence-corrected chi connectivity index (χ3v) is 5.67. The smallest absolute Gasteiger partial charge is 0.272 e. The van der Waals surface area contributed by atoms with E-state index in [4.69, 9.17) is 15.8 Å². The Morgan fingerprint density at radius 2 is 1.73 bits per heavy atom.